The van der Waals surface area contributed by atoms with Gasteiger partial charge < -0.3 is 0 Å². The summed E-state index contributed by atoms with van der Waals surface area (Å²) in [5.41, 5.74) is 0.250. The van der Waals surface area contributed by atoms with Crippen molar-refractivity contribution in [1.29, 1.82) is 0 Å². The Morgan fingerprint density at radius 2 is 2.19 bits per heavy atom. The van der Waals surface area contributed by atoms with Gasteiger partial charge in [-0.2, -0.15) is 0 Å². The van der Waals surface area contributed by atoms with Crippen LogP contribution < -0.4 is 0 Å². The number of ketones is 1. The molecule has 1 aromatic rings. The molecular formula is C9H15N3O3S. The summed E-state index contributed by atoms with van der Waals surface area (Å²) in [4.78, 5) is 11.9. The van der Waals surface area contributed by atoms with Crippen LogP contribution in [-0.4, -0.2) is 40.7 Å². The van der Waals surface area contributed by atoms with Gasteiger partial charge in [0.2, 0.25) is 0 Å². The first kappa shape index (κ1) is 12.8. The minimum absolute atomic E-state index is 0.250. The zero-order valence-corrected chi connectivity index (χ0v) is 10.4. The Morgan fingerprint density at radius 1 is 1.56 bits per heavy atom. The standard InChI is InChI=1S/C9H15N3O3S/c1-4-5-12-8(6-10-11-12)9(13)7(2)16(3,14)15/h6-7H,4-5H2,1-3H3. The van der Waals surface area contributed by atoms with Gasteiger partial charge in [0.25, 0.3) is 0 Å². The molecule has 0 aliphatic heterocycles. The van der Waals surface area contributed by atoms with Crippen LogP contribution in [0.3, 0.4) is 0 Å². The van der Waals surface area contributed by atoms with E-state index in [9.17, 15) is 13.2 Å². The van der Waals surface area contributed by atoms with Crippen LogP contribution in [-0.2, 0) is 16.4 Å². The van der Waals surface area contributed by atoms with Crippen molar-refractivity contribution in [2.75, 3.05) is 6.26 Å². The lowest BCUT2D eigenvalue weighted by molar-refractivity contribution is 0.0981. The Labute approximate surface area is 94.6 Å². The van der Waals surface area contributed by atoms with E-state index in [1.165, 1.54) is 17.8 Å². The molecule has 1 aromatic heterocycles. The minimum Gasteiger partial charge on any atom is -0.291 e. The van der Waals surface area contributed by atoms with E-state index in [1.807, 2.05) is 6.92 Å². The Balaban J connectivity index is 3.01. The molecule has 0 spiro atoms. The van der Waals surface area contributed by atoms with Crippen molar-refractivity contribution in [3.05, 3.63) is 11.9 Å². The summed E-state index contributed by atoms with van der Waals surface area (Å²) in [5.74, 6) is -0.457. The normalized spacial score (nSPS) is 13.7. The summed E-state index contributed by atoms with van der Waals surface area (Å²) in [6, 6.07) is 0. The summed E-state index contributed by atoms with van der Waals surface area (Å²) >= 11 is 0. The van der Waals surface area contributed by atoms with Gasteiger partial charge in [0, 0.05) is 12.8 Å². The maximum Gasteiger partial charge on any atom is 0.200 e. The van der Waals surface area contributed by atoms with Crippen molar-refractivity contribution in [3.8, 4) is 0 Å². The fraction of sp³-hybridized carbons (Fsp3) is 0.667. The summed E-state index contributed by atoms with van der Waals surface area (Å²) in [6.45, 7) is 3.87. The summed E-state index contributed by atoms with van der Waals surface area (Å²) in [7, 11) is -3.38. The molecule has 0 saturated carbocycles. The van der Waals surface area contributed by atoms with E-state index in [-0.39, 0.29) is 5.69 Å². The number of hydrogen-bond acceptors (Lipinski definition) is 5. The number of carbonyl (C=O) groups excluding carboxylic acids is 1. The first-order valence-electron chi connectivity index (χ1n) is 4.99. The van der Waals surface area contributed by atoms with Gasteiger partial charge >= 0.3 is 0 Å². The van der Waals surface area contributed by atoms with Crippen LogP contribution in [0.1, 0.15) is 30.8 Å². The largest absolute Gasteiger partial charge is 0.291 e. The molecule has 1 rings (SSSR count). The Hall–Kier alpha value is -1.24. The van der Waals surface area contributed by atoms with E-state index in [0.29, 0.717) is 6.54 Å². The Bertz CT molecular complexity index is 478. The van der Waals surface area contributed by atoms with Gasteiger partial charge in [-0.25, -0.2) is 13.1 Å². The van der Waals surface area contributed by atoms with Gasteiger partial charge in [-0.3, -0.25) is 4.79 Å². The van der Waals surface area contributed by atoms with Crippen LogP contribution in [0.5, 0.6) is 0 Å². The molecular weight excluding hydrogens is 230 g/mol. The first-order valence-corrected chi connectivity index (χ1v) is 6.95. The van der Waals surface area contributed by atoms with Crippen LogP contribution >= 0.6 is 0 Å². The number of Topliss-reactive ketones (excluding diaryl/α,β-unsaturated/α-hetero) is 1. The van der Waals surface area contributed by atoms with Crippen LogP contribution in [0, 0.1) is 0 Å². The Morgan fingerprint density at radius 3 is 2.69 bits per heavy atom. The van der Waals surface area contributed by atoms with Gasteiger partial charge in [-0.1, -0.05) is 12.1 Å². The van der Waals surface area contributed by atoms with E-state index in [4.69, 9.17) is 0 Å². The van der Waals surface area contributed by atoms with Crippen molar-refractivity contribution < 1.29 is 13.2 Å². The zero-order valence-electron chi connectivity index (χ0n) is 9.54. The van der Waals surface area contributed by atoms with E-state index < -0.39 is 20.9 Å². The summed E-state index contributed by atoms with van der Waals surface area (Å²) < 4.78 is 24.0. The molecule has 7 heteroatoms. The van der Waals surface area contributed by atoms with Gasteiger partial charge in [-0.05, 0) is 13.3 Å². The first-order chi connectivity index (χ1) is 7.38. The fourth-order valence-corrected chi connectivity index (χ4v) is 1.74. The number of aryl methyl sites for hydroxylation is 1. The molecule has 0 bridgehead atoms. The molecule has 90 valence electrons. The second kappa shape index (κ2) is 4.73. The predicted molar refractivity (Wildman–Crippen MR) is 58.9 cm³/mol. The third kappa shape index (κ3) is 2.66. The van der Waals surface area contributed by atoms with Crippen molar-refractivity contribution in [2.24, 2.45) is 0 Å². The smallest absolute Gasteiger partial charge is 0.200 e. The summed E-state index contributed by atoms with van der Waals surface area (Å²) in [5, 5.41) is 6.31. The van der Waals surface area contributed by atoms with Crippen molar-refractivity contribution in [1.82, 2.24) is 15.0 Å². The lowest BCUT2D eigenvalue weighted by Gasteiger charge is -2.08. The molecule has 1 unspecified atom stereocenters. The van der Waals surface area contributed by atoms with Crippen molar-refractivity contribution >= 4 is 15.6 Å². The van der Waals surface area contributed by atoms with Crippen LogP contribution in [0.15, 0.2) is 6.20 Å². The SMILES string of the molecule is CCCn1nncc1C(=O)C(C)S(C)(=O)=O. The molecule has 0 N–H and O–H groups in total. The maximum absolute atomic E-state index is 11.9. The lowest BCUT2D eigenvalue weighted by Crippen LogP contribution is -2.28. The van der Waals surface area contributed by atoms with Crippen LogP contribution in [0.4, 0.5) is 0 Å². The van der Waals surface area contributed by atoms with Gasteiger partial charge in [0.15, 0.2) is 15.6 Å². The molecule has 0 aromatic carbocycles. The van der Waals surface area contributed by atoms with Gasteiger partial charge in [0.1, 0.15) is 10.9 Å². The quantitative estimate of drug-likeness (QED) is 0.697. The third-order valence-corrected chi connectivity index (χ3v) is 3.82. The highest BCUT2D eigenvalue weighted by molar-refractivity contribution is 7.92. The highest BCUT2D eigenvalue weighted by atomic mass is 32.2. The molecule has 16 heavy (non-hydrogen) atoms. The maximum atomic E-state index is 11.9. The lowest BCUT2D eigenvalue weighted by atomic mass is 10.2. The number of sulfone groups is 1. The molecule has 1 atom stereocenters. The summed E-state index contributed by atoms with van der Waals surface area (Å²) in [6.07, 6.45) is 3.15. The van der Waals surface area contributed by atoms with E-state index in [1.54, 1.807) is 0 Å². The highest BCUT2D eigenvalue weighted by Crippen LogP contribution is 2.08. The molecule has 0 aliphatic carbocycles. The van der Waals surface area contributed by atoms with Crippen LogP contribution in [0.2, 0.25) is 0 Å². The highest BCUT2D eigenvalue weighted by Gasteiger charge is 2.27. The zero-order chi connectivity index (χ0) is 12.3. The predicted octanol–water partition coefficient (Wildman–Crippen LogP) is 0.304. The number of rotatable bonds is 5. The molecule has 0 aliphatic rings. The topological polar surface area (TPSA) is 81.9 Å². The van der Waals surface area contributed by atoms with Crippen LogP contribution in [0.25, 0.3) is 0 Å². The van der Waals surface area contributed by atoms with Crippen molar-refractivity contribution in [2.45, 2.75) is 32.1 Å². The molecule has 1 heterocycles. The molecule has 0 fully saturated rings. The fourth-order valence-electron chi connectivity index (χ4n) is 1.23. The number of carbonyl (C=O) groups is 1. The second-order valence-electron chi connectivity index (χ2n) is 3.68. The molecule has 0 saturated heterocycles. The van der Waals surface area contributed by atoms with E-state index >= 15 is 0 Å². The number of hydrogen-bond donors (Lipinski definition) is 0. The molecule has 6 nitrogen and oxygen atoms in total. The monoisotopic (exact) mass is 245 g/mol. The molecule has 0 radical (unpaired) electrons. The van der Waals surface area contributed by atoms with Gasteiger partial charge in [-0.15, -0.1) is 5.10 Å². The van der Waals surface area contributed by atoms with Gasteiger partial charge in [0.05, 0.1) is 6.20 Å². The van der Waals surface area contributed by atoms with E-state index in [2.05, 4.69) is 10.3 Å². The third-order valence-electron chi connectivity index (χ3n) is 2.32. The number of nitrogens with zero attached hydrogens (tertiary/aromatic N) is 3. The second-order valence-corrected chi connectivity index (χ2v) is 6.04. The molecule has 0 amide bonds. The average molecular weight is 245 g/mol. The van der Waals surface area contributed by atoms with Crippen molar-refractivity contribution in [3.63, 3.8) is 0 Å². The Kier molecular flexibility index (Phi) is 3.79. The number of aromatic nitrogens is 3. The average Bonchev–Trinajstić information content (AvgIpc) is 2.63. The van der Waals surface area contributed by atoms with E-state index in [0.717, 1.165) is 12.7 Å². The minimum atomic E-state index is -3.38.